The van der Waals surface area contributed by atoms with Gasteiger partial charge in [-0.1, -0.05) is 12.1 Å². The molecule has 0 radical (unpaired) electrons. The number of carbonyl (C=O) groups is 3. The van der Waals surface area contributed by atoms with Crippen LogP contribution in [0, 0.1) is 0 Å². The van der Waals surface area contributed by atoms with E-state index in [-0.39, 0.29) is 36.4 Å². The highest BCUT2D eigenvalue weighted by molar-refractivity contribution is 7.80. The Morgan fingerprint density at radius 2 is 1.81 bits per heavy atom. The summed E-state index contributed by atoms with van der Waals surface area (Å²) in [5, 5.41) is 5.52. The minimum absolute atomic E-state index is 0.00762. The van der Waals surface area contributed by atoms with Crippen LogP contribution in [0.2, 0.25) is 0 Å². The lowest BCUT2D eigenvalue weighted by Crippen LogP contribution is -2.37. The number of carbonyl (C=O) groups excluding carboxylic acids is 3. The zero-order valence-electron chi connectivity index (χ0n) is 15.5. The standard InChI is InChI=1S/C19H25N3O4S/c1-2-26-17(24)11-10-16(23)21-19(27)20-15-9-5-4-8-14(15)18(25)22-12-6-3-7-13-22/h4-5,8-9H,2-3,6-7,10-13H2,1H3,(H2,20,21,23,27). The van der Waals surface area contributed by atoms with Crippen LogP contribution in [0.25, 0.3) is 0 Å². The van der Waals surface area contributed by atoms with E-state index in [1.54, 1.807) is 31.2 Å². The Morgan fingerprint density at radius 3 is 2.52 bits per heavy atom. The Bertz CT molecular complexity index is 702. The smallest absolute Gasteiger partial charge is 0.306 e. The van der Waals surface area contributed by atoms with E-state index in [0.29, 0.717) is 11.3 Å². The van der Waals surface area contributed by atoms with Gasteiger partial charge in [0.05, 0.1) is 24.3 Å². The maximum atomic E-state index is 12.8. The minimum atomic E-state index is -0.427. The monoisotopic (exact) mass is 391 g/mol. The molecule has 1 saturated heterocycles. The van der Waals surface area contributed by atoms with Crippen LogP contribution in [0.1, 0.15) is 49.4 Å². The van der Waals surface area contributed by atoms with Gasteiger partial charge in [0, 0.05) is 19.5 Å². The molecule has 1 aromatic rings. The number of amides is 2. The third kappa shape index (κ3) is 6.63. The van der Waals surface area contributed by atoms with Crippen LogP contribution >= 0.6 is 12.2 Å². The van der Waals surface area contributed by atoms with E-state index < -0.39 is 5.97 Å². The van der Waals surface area contributed by atoms with Crippen molar-refractivity contribution < 1.29 is 19.1 Å². The lowest BCUT2D eigenvalue weighted by molar-refractivity contribution is -0.144. The third-order valence-electron chi connectivity index (χ3n) is 4.16. The molecule has 0 bridgehead atoms. The predicted octanol–water partition coefficient (Wildman–Crippen LogP) is 2.47. The largest absolute Gasteiger partial charge is 0.466 e. The third-order valence-corrected chi connectivity index (χ3v) is 4.37. The molecule has 7 nitrogen and oxygen atoms in total. The number of likely N-dealkylation sites (tertiary alicyclic amines) is 1. The molecule has 1 heterocycles. The van der Waals surface area contributed by atoms with E-state index in [1.165, 1.54) is 0 Å². The molecule has 146 valence electrons. The zero-order chi connectivity index (χ0) is 19.6. The van der Waals surface area contributed by atoms with Gasteiger partial charge >= 0.3 is 5.97 Å². The Morgan fingerprint density at radius 1 is 1.11 bits per heavy atom. The van der Waals surface area contributed by atoms with E-state index >= 15 is 0 Å². The molecule has 2 rings (SSSR count). The average Bonchev–Trinajstić information content (AvgIpc) is 2.67. The van der Waals surface area contributed by atoms with Gasteiger partial charge in [0.25, 0.3) is 5.91 Å². The zero-order valence-corrected chi connectivity index (χ0v) is 16.3. The van der Waals surface area contributed by atoms with Crippen LogP contribution in [0.4, 0.5) is 5.69 Å². The van der Waals surface area contributed by atoms with Crippen molar-refractivity contribution in [1.82, 2.24) is 10.2 Å². The number of hydrogen-bond donors (Lipinski definition) is 2. The number of piperidine rings is 1. The summed E-state index contributed by atoms with van der Waals surface area (Å²) >= 11 is 5.16. The van der Waals surface area contributed by atoms with Gasteiger partial charge < -0.3 is 20.3 Å². The fourth-order valence-corrected chi connectivity index (χ4v) is 3.06. The maximum absolute atomic E-state index is 12.8. The molecular weight excluding hydrogens is 366 g/mol. The number of nitrogens with one attached hydrogen (secondary N) is 2. The van der Waals surface area contributed by atoms with Gasteiger partial charge in [-0.05, 0) is 50.5 Å². The molecule has 0 unspecified atom stereocenters. The average molecular weight is 391 g/mol. The lowest BCUT2D eigenvalue weighted by Gasteiger charge is -2.27. The number of para-hydroxylation sites is 1. The first-order valence-electron chi connectivity index (χ1n) is 9.16. The van der Waals surface area contributed by atoms with Crippen LogP contribution in [-0.4, -0.2) is 47.5 Å². The molecule has 1 aliphatic heterocycles. The first kappa shape index (κ1) is 20.8. The molecule has 0 spiro atoms. The summed E-state index contributed by atoms with van der Waals surface area (Å²) < 4.78 is 4.78. The fourth-order valence-electron chi connectivity index (χ4n) is 2.84. The van der Waals surface area contributed by atoms with Crippen molar-refractivity contribution >= 4 is 40.8 Å². The molecule has 27 heavy (non-hydrogen) atoms. The molecule has 0 aliphatic carbocycles. The highest BCUT2D eigenvalue weighted by atomic mass is 32.1. The molecule has 2 N–H and O–H groups in total. The van der Waals surface area contributed by atoms with Crippen LogP contribution < -0.4 is 10.6 Å². The molecule has 1 aromatic carbocycles. The molecule has 1 fully saturated rings. The highest BCUT2D eigenvalue weighted by Crippen LogP contribution is 2.20. The van der Waals surface area contributed by atoms with Gasteiger partial charge in [-0.25, -0.2) is 0 Å². The second kappa shape index (κ2) is 10.6. The number of thiocarbonyl (C=S) groups is 1. The Labute approximate surface area is 164 Å². The summed E-state index contributed by atoms with van der Waals surface area (Å²) in [6.45, 7) is 3.49. The molecule has 8 heteroatoms. The van der Waals surface area contributed by atoms with Crippen molar-refractivity contribution in [2.45, 2.75) is 39.0 Å². The number of esters is 1. The summed E-state index contributed by atoms with van der Waals surface area (Å²) in [6.07, 6.45) is 3.14. The lowest BCUT2D eigenvalue weighted by atomic mass is 10.1. The van der Waals surface area contributed by atoms with Crippen molar-refractivity contribution in [1.29, 1.82) is 0 Å². The maximum Gasteiger partial charge on any atom is 0.306 e. The number of nitrogens with zero attached hydrogens (tertiary/aromatic N) is 1. The number of benzene rings is 1. The van der Waals surface area contributed by atoms with Gasteiger partial charge in [-0.15, -0.1) is 0 Å². The fraction of sp³-hybridized carbons (Fsp3) is 0.474. The second-order valence-electron chi connectivity index (χ2n) is 6.21. The van der Waals surface area contributed by atoms with Crippen LogP contribution in [-0.2, 0) is 14.3 Å². The summed E-state index contributed by atoms with van der Waals surface area (Å²) in [5.74, 6) is -0.862. The Hall–Kier alpha value is -2.48. The number of hydrogen-bond acceptors (Lipinski definition) is 5. The van der Waals surface area contributed by atoms with Gasteiger partial charge in [0.1, 0.15) is 0 Å². The number of anilines is 1. The first-order valence-corrected chi connectivity index (χ1v) is 9.57. The van der Waals surface area contributed by atoms with Gasteiger partial charge in [0.2, 0.25) is 5.91 Å². The number of rotatable bonds is 6. The van der Waals surface area contributed by atoms with E-state index in [1.807, 2.05) is 4.90 Å². The topological polar surface area (TPSA) is 87.7 Å². The van der Waals surface area contributed by atoms with Gasteiger partial charge in [-0.3, -0.25) is 14.4 Å². The summed E-state index contributed by atoms with van der Waals surface area (Å²) in [6, 6.07) is 7.07. The highest BCUT2D eigenvalue weighted by Gasteiger charge is 2.21. The van der Waals surface area contributed by atoms with Crippen molar-refractivity contribution in [3.8, 4) is 0 Å². The van der Waals surface area contributed by atoms with E-state index in [0.717, 1.165) is 32.4 Å². The first-order chi connectivity index (χ1) is 13.0. The Balaban J connectivity index is 1.92. The predicted molar refractivity (Wildman–Crippen MR) is 106 cm³/mol. The van der Waals surface area contributed by atoms with E-state index in [9.17, 15) is 14.4 Å². The summed E-state index contributed by atoms with van der Waals surface area (Å²) in [7, 11) is 0. The van der Waals surface area contributed by atoms with Gasteiger partial charge in [0.15, 0.2) is 5.11 Å². The SMILES string of the molecule is CCOC(=O)CCC(=O)NC(=S)Nc1ccccc1C(=O)N1CCCCC1. The normalized spacial score (nSPS) is 13.6. The number of ether oxygens (including phenoxy) is 1. The molecule has 0 aromatic heterocycles. The molecule has 0 atom stereocenters. The van der Waals surface area contributed by atoms with Crippen LogP contribution in [0.15, 0.2) is 24.3 Å². The van der Waals surface area contributed by atoms with Gasteiger partial charge in [-0.2, -0.15) is 0 Å². The quantitative estimate of drug-likeness (QED) is 0.572. The summed E-state index contributed by atoms with van der Waals surface area (Å²) in [5.41, 5.74) is 1.06. The Kier molecular flexibility index (Phi) is 8.19. The minimum Gasteiger partial charge on any atom is -0.466 e. The van der Waals surface area contributed by atoms with Crippen molar-refractivity contribution in [2.24, 2.45) is 0 Å². The van der Waals surface area contributed by atoms with E-state index in [2.05, 4.69) is 10.6 Å². The van der Waals surface area contributed by atoms with Crippen LogP contribution in [0.3, 0.4) is 0 Å². The van der Waals surface area contributed by atoms with E-state index in [4.69, 9.17) is 17.0 Å². The van der Waals surface area contributed by atoms with Crippen molar-refractivity contribution in [2.75, 3.05) is 25.0 Å². The molecular formula is C19H25N3O4S. The van der Waals surface area contributed by atoms with Crippen LogP contribution in [0.5, 0.6) is 0 Å². The van der Waals surface area contributed by atoms with Crippen molar-refractivity contribution in [3.63, 3.8) is 0 Å². The summed E-state index contributed by atoms with van der Waals surface area (Å²) in [4.78, 5) is 37.8. The molecule has 0 saturated carbocycles. The molecule has 1 aliphatic rings. The second-order valence-corrected chi connectivity index (χ2v) is 6.61. The molecule has 2 amide bonds. The van der Waals surface area contributed by atoms with Crippen molar-refractivity contribution in [3.05, 3.63) is 29.8 Å².